The molecule has 0 unspecified atom stereocenters. The number of benzene rings is 1. The molecule has 10 nitrogen and oxygen atoms in total. The summed E-state index contributed by atoms with van der Waals surface area (Å²) in [6, 6.07) is 10.6. The number of cyclic esters (lactones) is 1. The summed E-state index contributed by atoms with van der Waals surface area (Å²) in [5, 5.41) is 17.7. The quantitative estimate of drug-likeness (QED) is 0.569. The lowest BCUT2D eigenvalue weighted by atomic mass is 10.2. The normalized spacial score (nSPS) is 17.8. The molecule has 1 aromatic carbocycles. The summed E-state index contributed by atoms with van der Waals surface area (Å²) in [6.07, 6.45) is 1.28. The molecule has 2 N–H and O–H groups in total. The van der Waals surface area contributed by atoms with Gasteiger partial charge in [-0.3, -0.25) is 24.4 Å². The van der Waals surface area contributed by atoms with Crippen molar-refractivity contribution in [2.24, 2.45) is 5.10 Å². The summed E-state index contributed by atoms with van der Waals surface area (Å²) in [6.45, 7) is 1.53. The van der Waals surface area contributed by atoms with E-state index in [1.54, 1.807) is 34.2 Å². The van der Waals surface area contributed by atoms with Gasteiger partial charge in [-0.2, -0.15) is 5.10 Å². The van der Waals surface area contributed by atoms with Crippen LogP contribution in [0.3, 0.4) is 0 Å². The largest absolute Gasteiger partial charge is 0.442 e. The Morgan fingerprint density at radius 1 is 1.18 bits per heavy atom. The highest BCUT2D eigenvalue weighted by Gasteiger charge is 2.32. The molecule has 1 fully saturated rings. The van der Waals surface area contributed by atoms with E-state index in [-0.39, 0.29) is 31.4 Å². The molecule has 3 amide bonds. The number of ether oxygens (including phenoxy) is 1. The van der Waals surface area contributed by atoms with Gasteiger partial charge >= 0.3 is 6.09 Å². The number of halogens is 1. The predicted molar refractivity (Wildman–Crippen MR) is 130 cm³/mol. The average molecular weight is 506 g/mol. The van der Waals surface area contributed by atoms with E-state index < -0.39 is 12.2 Å². The van der Waals surface area contributed by atoms with Crippen molar-refractivity contribution in [3.8, 4) is 0 Å². The molecule has 0 aliphatic carbocycles. The fourth-order valence-electron chi connectivity index (χ4n) is 3.57. The molecule has 2 aliphatic heterocycles. The van der Waals surface area contributed by atoms with E-state index >= 15 is 0 Å². The van der Waals surface area contributed by atoms with Gasteiger partial charge < -0.3 is 15.2 Å². The molecule has 34 heavy (non-hydrogen) atoms. The highest BCUT2D eigenvalue weighted by molar-refractivity contribution is 7.18. The van der Waals surface area contributed by atoms with Crippen molar-refractivity contribution in [2.75, 3.05) is 42.7 Å². The Labute approximate surface area is 205 Å². The van der Waals surface area contributed by atoms with Crippen LogP contribution in [0.2, 0.25) is 4.34 Å². The van der Waals surface area contributed by atoms with Crippen LogP contribution in [-0.2, 0) is 9.53 Å². The first-order valence-electron chi connectivity index (χ1n) is 10.8. The second-order valence-corrected chi connectivity index (χ2v) is 9.43. The molecule has 0 bridgehead atoms. The van der Waals surface area contributed by atoms with Crippen LogP contribution in [0.5, 0.6) is 0 Å². The molecule has 1 aromatic heterocycles. The number of nitrogens with zero attached hydrogens (tertiary/aromatic N) is 4. The molecular formula is C22H24ClN5O5S. The van der Waals surface area contributed by atoms with E-state index in [1.165, 1.54) is 22.6 Å². The van der Waals surface area contributed by atoms with E-state index in [9.17, 15) is 14.4 Å². The number of hydrogen-bond acceptors (Lipinski definition) is 8. The highest BCUT2D eigenvalue weighted by atomic mass is 35.5. The maximum atomic E-state index is 12.4. The van der Waals surface area contributed by atoms with Crippen molar-refractivity contribution in [2.45, 2.75) is 18.9 Å². The Bertz CT molecular complexity index is 1080. The number of hydrazone groups is 1. The summed E-state index contributed by atoms with van der Waals surface area (Å²) in [5.74, 6) is -0.322. The molecule has 0 saturated carbocycles. The van der Waals surface area contributed by atoms with Gasteiger partial charge in [0, 0.05) is 25.3 Å². The SMILES string of the molecule is O=C(NC[C@H]1CN(c2ccc(N3CCN(C(=O)CCCO)C=N3)cc2)C(=O)O1)c1ccc(Cl)s1. The third-order valence-corrected chi connectivity index (χ3v) is 6.60. The molecule has 0 spiro atoms. The van der Waals surface area contributed by atoms with E-state index in [2.05, 4.69) is 10.4 Å². The van der Waals surface area contributed by atoms with Gasteiger partial charge in [-0.05, 0) is 42.8 Å². The molecule has 3 heterocycles. The molecule has 2 aromatic rings. The second-order valence-electron chi connectivity index (χ2n) is 7.71. The smallest absolute Gasteiger partial charge is 0.414 e. The fourth-order valence-corrected chi connectivity index (χ4v) is 4.53. The van der Waals surface area contributed by atoms with E-state index in [1.807, 2.05) is 12.1 Å². The lowest BCUT2D eigenvalue weighted by Crippen LogP contribution is -2.41. The van der Waals surface area contributed by atoms with Gasteiger partial charge in [0.05, 0.1) is 34.5 Å². The molecule has 180 valence electrons. The third kappa shape index (κ3) is 5.66. The lowest BCUT2D eigenvalue weighted by molar-refractivity contribution is -0.127. The van der Waals surface area contributed by atoms with Crippen LogP contribution in [0.1, 0.15) is 22.5 Å². The summed E-state index contributed by atoms with van der Waals surface area (Å²) in [4.78, 5) is 40.1. The number of amides is 3. The third-order valence-electron chi connectivity index (χ3n) is 5.37. The summed E-state index contributed by atoms with van der Waals surface area (Å²) in [5.41, 5.74) is 1.50. The maximum absolute atomic E-state index is 12.4. The molecular weight excluding hydrogens is 482 g/mol. The van der Waals surface area contributed by atoms with E-state index in [4.69, 9.17) is 21.4 Å². The lowest BCUT2D eigenvalue weighted by Gasteiger charge is -2.29. The molecule has 1 atom stereocenters. The van der Waals surface area contributed by atoms with Gasteiger partial charge in [-0.1, -0.05) is 11.6 Å². The summed E-state index contributed by atoms with van der Waals surface area (Å²) >= 11 is 7.05. The Morgan fingerprint density at radius 2 is 1.94 bits per heavy atom. The van der Waals surface area contributed by atoms with Crippen LogP contribution in [-0.4, -0.2) is 73.1 Å². The van der Waals surface area contributed by atoms with Crippen LogP contribution in [0.25, 0.3) is 0 Å². The van der Waals surface area contributed by atoms with Crippen LogP contribution >= 0.6 is 22.9 Å². The Kier molecular flexibility index (Phi) is 7.66. The molecule has 0 radical (unpaired) electrons. The zero-order valence-corrected chi connectivity index (χ0v) is 19.8. The maximum Gasteiger partial charge on any atom is 0.414 e. The van der Waals surface area contributed by atoms with Crippen molar-refractivity contribution < 1.29 is 24.2 Å². The van der Waals surface area contributed by atoms with E-state index in [0.717, 1.165) is 5.69 Å². The van der Waals surface area contributed by atoms with E-state index in [0.29, 0.717) is 41.0 Å². The Morgan fingerprint density at radius 3 is 2.59 bits per heavy atom. The molecule has 4 rings (SSSR count). The van der Waals surface area contributed by atoms with Crippen molar-refractivity contribution >= 4 is 58.6 Å². The van der Waals surface area contributed by atoms with Crippen LogP contribution < -0.4 is 15.2 Å². The number of carbonyl (C=O) groups is 3. The topological polar surface area (TPSA) is 115 Å². The minimum absolute atomic E-state index is 0.0143. The highest BCUT2D eigenvalue weighted by Crippen LogP contribution is 2.26. The van der Waals surface area contributed by atoms with Crippen LogP contribution in [0.4, 0.5) is 16.2 Å². The zero-order valence-electron chi connectivity index (χ0n) is 18.2. The number of anilines is 2. The number of carbonyl (C=O) groups excluding carboxylic acids is 3. The fraction of sp³-hybridized carbons (Fsp3) is 0.364. The van der Waals surface area contributed by atoms with Gasteiger partial charge in [-0.25, -0.2) is 4.79 Å². The van der Waals surface area contributed by atoms with Crippen LogP contribution in [0.15, 0.2) is 41.5 Å². The summed E-state index contributed by atoms with van der Waals surface area (Å²) in [7, 11) is 0. The number of rotatable bonds is 8. The molecule has 2 aliphatic rings. The zero-order chi connectivity index (χ0) is 24.1. The average Bonchev–Trinajstić information content (AvgIpc) is 3.46. The number of aliphatic hydroxyl groups is 1. The van der Waals surface area contributed by atoms with Crippen molar-refractivity contribution in [1.29, 1.82) is 0 Å². The van der Waals surface area contributed by atoms with Gasteiger partial charge in [0.15, 0.2) is 0 Å². The van der Waals surface area contributed by atoms with Gasteiger partial charge in [0.25, 0.3) is 5.91 Å². The van der Waals surface area contributed by atoms with Gasteiger partial charge in [0.2, 0.25) is 5.91 Å². The first kappa shape index (κ1) is 24.0. The Hall–Kier alpha value is -3.15. The number of aliphatic hydroxyl groups excluding tert-OH is 1. The first-order valence-corrected chi connectivity index (χ1v) is 12.0. The Balaban J connectivity index is 1.30. The van der Waals surface area contributed by atoms with Gasteiger partial charge in [0.1, 0.15) is 12.4 Å². The van der Waals surface area contributed by atoms with Gasteiger partial charge in [-0.15, -0.1) is 11.3 Å². The molecule has 1 saturated heterocycles. The monoisotopic (exact) mass is 505 g/mol. The minimum atomic E-state index is -0.473. The number of nitrogens with one attached hydrogen (secondary N) is 1. The van der Waals surface area contributed by atoms with Crippen molar-refractivity contribution in [3.63, 3.8) is 0 Å². The summed E-state index contributed by atoms with van der Waals surface area (Å²) < 4.78 is 5.92. The standard InChI is InChI=1S/C22H24ClN5O5S/c23-19-8-7-18(34-19)21(31)24-12-17-13-27(22(32)33-17)15-3-5-16(6-4-15)28-10-9-26(14-25-28)20(30)2-1-11-29/h3-8,14,17,29H,1-2,9-13H2,(H,24,31)/t17-/m0/s1. The molecule has 12 heteroatoms. The minimum Gasteiger partial charge on any atom is -0.442 e. The van der Waals surface area contributed by atoms with Crippen molar-refractivity contribution in [3.05, 3.63) is 45.6 Å². The first-order chi connectivity index (χ1) is 16.4. The van der Waals surface area contributed by atoms with Crippen LogP contribution in [0, 0.1) is 0 Å². The van der Waals surface area contributed by atoms with Crippen molar-refractivity contribution in [1.82, 2.24) is 10.2 Å². The second kappa shape index (κ2) is 10.9. The predicted octanol–water partition coefficient (Wildman–Crippen LogP) is 2.52. The number of thiophene rings is 1. The number of hydrogen-bond donors (Lipinski definition) is 2.